The van der Waals surface area contributed by atoms with Crippen molar-refractivity contribution in [2.75, 3.05) is 4.72 Å². The molecule has 3 aromatic rings. The lowest BCUT2D eigenvalue weighted by Crippen LogP contribution is -1.97. The number of carboxylic acids is 1. The van der Waals surface area contributed by atoms with Gasteiger partial charge in [0.2, 0.25) is 0 Å². The molecule has 0 aliphatic rings. The molecule has 7 heteroatoms. The molecule has 0 bridgehead atoms. The number of carboxylic acid groups (broad SMARTS) is 1. The Morgan fingerprint density at radius 3 is 2.33 bits per heavy atom. The molecule has 0 fully saturated rings. The van der Waals surface area contributed by atoms with Gasteiger partial charge in [-0.2, -0.15) is 0 Å². The standard InChI is InChI=1S/C17H11Cl2NO2S2/c18-11-7-4-8-12(19)15(11)24-20-13-9-14(23-16(13)17(21)22)10-5-2-1-3-6-10/h1-9,20H,(H,21,22). The van der Waals surface area contributed by atoms with Gasteiger partial charge < -0.3 is 9.83 Å². The summed E-state index contributed by atoms with van der Waals surface area (Å²) in [6.45, 7) is 0. The molecule has 0 aliphatic carbocycles. The van der Waals surface area contributed by atoms with Crippen LogP contribution in [0, 0.1) is 0 Å². The highest BCUT2D eigenvalue weighted by atomic mass is 35.5. The van der Waals surface area contributed by atoms with Crippen molar-refractivity contribution in [1.29, 1.82) is 0 Å². The quantitative estimate of drug-likeness (QED) is 0.481. The van der Waals surface area contributed by atoms with Gasteiger partial charge in [0, 0.05) is 4.88 Å². The van der Waals surface area contributed by atoms with E-state index in [1.807, 2.05) is 36.4 Å². The second kappa shape index (κ2) is 7.49. The molecule has 24 heavy (non-hydrogen) atoms. The van der Waals surface area contributed by atoms with E-state index < -0.39 is 5.97 Å². The van der Waals surface area contributed by atoms with Gasteiger partial charge in [0.05, 0.1) is 20.6 Å². The molecular weight excluding hydrogens is 385 g/mol. The van der Waals surface area contributed by atoms with Gasteiger partial charge in [0.15, 0.2) is 0 Å². The Hall–Kier alpha value is -1.66. The summed E-state index contributed by atoms with van der Waals surface area (Å²) < 4.78 is 3.06. The summed E-state index contributed by atoms with van der Waals surface area (Å²) >= 11 is 14.7. The van der Waals surface area contributed by atoms with Crippen LogP contribution in [0.25, 0.3) is 10.4 Å². The third-order valence-corrected chi connectivity index (χ3v) is 6.16. The van der Waals surface area contributed by atoms with Gasteiger partial charge in [-0.15, -0.1) is 11.3 Å². The molecule has 0 radical (unpaired) electrons. The fourth-order valence-electron chi connectivity index (χ4n) is 2.06. The lowest BCUT2D eigenvalue weighted by atomic mass is 10.2. The molecule has 0 atom stereocenters. The summed E-state index contributed by atoms with van der Waals surface area (Å²) in [5.74, 6) is -0.976. The third-order valence-electron chi connectivity index (χ3n) is 3.17. The van der Waals surface area contributed by atoms with Crippen LogP contribution in [0.3, 0.4) is 0 Å². The van der Waals surface area contributed by atoms with E-state index in [-0.39, 0.29) is 4.88 Å². The summed E-state index contributed by atoms with van der Waals surface area (Å²) in [7, 11) is 0. The Kier molecular flexibility index (Phi) is 5.36. The number of carbonyl (C=O) groups is 1. The van der Waals surface area contributed by atoms with E-state index in [1.165, 1.54) is 23.3 Å². The molecule has 0 saturated heterocycles. The number of rotatable bonds is 5. The molecule has 0 amide bonds. The van der Waals surface area contributed by atoms with Crippen molar-refractivity contribution >= 4 is 58.1 Å². The molecule has 0 saturated carbocycles. The number of thiophene rings is 1. The van der Waals surface area contributed by atoms with Crippen LogP contribution in [-0.4, -0.2) is 11.1 Å². The minimum Gasteiger partial charge on any atom is -0.477 e. The number of anilines is 1. The predicted octanol–water partition coefficient (Wildman–Crippen LogP) is 6.54. The number of hydrogen-bond donors (Lipinski definition) is 2. The summed E-state index contributed by atoms with van der Waals surface area (Å²) in [5, 5.41) is 10.5. The first kappa shape index (κ1) is 17.2. The second-order valence-corrected chi connectivity index (χ2v) is 7.46. The van der Waals surface area contributed by atoms with Crippen molar-refractivity contribution in [3.63, 3.8) is 0 Å². The van der Waals surface area contributed by atoms with Crippen LogP contribution >= 0.6 is 46.5 Å². The van der Waals surface area contributed by atoms with Gasteiger partial charge in [-0.1, -0.05) is 59.6 Å². The second-order valence-electron chi connectivity index (χ2n) is 4.78. The minimum atomic E-state index is -0.976. The van der Waals surface area contributed by atoms with Crippen molar-refractivity contribution in [3.05, 3.63) is 69.5 Å². The highest BCUT2D eigenvalue weighted by Gasteiger charge is 2.17. The zero-order chi connectivity index (χ0) is 17.1. The topological polar surface area (TPSA) is 49.3 Å². The van der Waals surface area contributed by atoms with Crippen molar-refractivity contribution in [2.45, 2.75) is 4.90 Å². The van der Waals surface area contributed by atoms with E-state index in [0.29, 0.717) is 20.6 Å². The maximum absolute atomic E-state index is 11.5. The first-order chi connectivity index (χ1) is 11.6. The van der Waals surface area contributed by atoms with Crippen molar-refractivity contribution in [2.24, 2.45) is 0 Å². The van der Waals surface area contributed by atoms with Crippen molar-refractivity contribution in [3.8, 4) is 10.4 Å². The van der Waals surface area contributed by atoms with E-state index in [9.17, 15) is 9.90 Å². The number of aromatic carboxylic acids is 1. The number of hydrogen-bond acceptors (Lipinski definition) is 4. The van der Waals surface area contributed by atoms with Gasteiger partial charge in [-0.3, -0.25) is 0 Å². The Bertz CT molecular complexity index is 861. The van der Waals surface area contributed by atoms with Crippen LogP contribution in [0.15, 0.2) is 59.5 Å². The summed E-state index contributed by atoms with van der Waals surface area (Å²) in [5.41, 5.74) is 1.49. The first-order valence-corrected chi connectivity index (χ1v) is 9.24. The molecule has 2 aromatic carbocycles. The monoisotopic (exact) mass is 395 g/mol. The Morgan fingerprint density at radius 2 is 1.71 bits per heavy atom. The third kappa shape index (κ3) is 3.70. The Morgan fingerprint density at radius 1 is 1.04 bits per heavy atom. The van der Waals surface area contributed by atoms with E-state index >= 15 is 0 Å². The Labute approximate surface area is 157 Å². The maximum Gasteiger partial charge on any atom is 0.348 e. The predicted molar refractivity (Wildman–Crippen MR) is 103 cm³/mol. The van der Waals surface area contributed by atoms with Crippen LogP contribution in [-0.2, 0) is 0 Å². The van der Waals surface area contributed by atoms with E-state index in [2.05, 4.69) is 4.72 Å². The lowest BCUT2D eigenvalue weighted by molar-refractivity contribution is 0.0703. The molecule has 0 spiro atoms. The van der Waals surface area contributed by atoms with E-state index in [4.69, 9.17) is 23.2 Å². The first-order valence-electron chi connectivity index (χ1n) is 6.85. The zero-order valence-corrected chi connectivity index (χ0v) is 15.3. The van der Waals surface area contributed by atoms with Crippen LogP contribution in [0.1, 0.15) is 9.67 Å². The summed E-state index contributed by atoms with van der Waals surface area (Å²) in [6.07, 6.45) is 0. The van der Waals surface area contributed by atoms with E-state index in [0.717, 1.165) is 10.4 Å². The highest BCUT2D eigenvalue weighted by molar-refractivity contribution is 8.00. The molecule has 0 unspecified atom stereocenters. The smallest absolute Gasteiger partial charge is 0.348 e. The zero-order valence-electron chi connectivity index (χ0n) is 12.1. The lowest BCUT2D eigenvalue weighted by Gasteiger charge is -2.08. The van der Waals surface area contributed by atoms with E-state index in [1.54, 1.807) is 18.2 Å². The van der Waals surface area contributed by atoms with Crippen LogP contribution in [0.5, 0.6) is 0 Å². The average Bonchev–Trinajstić information content (AvgIpc) is 3.00. The summed E-state index contributed by atoms with van der Waals surface area (Å²) in [4.78, 5) is 13.3. The maximum atomic E-state index is 11.5. The largest absolute Gasteiger partial charge is 0.477 e. The van der Waals surface area contributed by atoms with Crippen LogP contribution in [0.4, 0.5) is 5.69 Å². The normalized spacial score (nSPS) is 10.6. The van der Waals surface area contributed by atoms with Crippen molar-refractivity contribution in [1.82, 2.24) is 0 Å². The number of halogens is 2. The number of benzene rings is 2. The molecule has 3 rings (SSSR count). The Balaban J connectivity index is 1.90. The summed E-state index contributed by atoms with van der Waals surface area (Å²) in [6, 6.07) is 16.7. The van der Waals surface area contributed by atoms with Crippen LogP contribution in [0.2, 0.25) is 10.0 Å². The van der Waals surface area contributed by atoms with Crippen LogP contribution < -0.4 is 4.72 Å². The van der Waals surface area contributed by atoms with Gasteiger partial charge in [0.1, 0.15) is 4.88 Å². The average molecular weight is 396 g/mol. The number of nitrogens with one attached hydrogen (secondary N) is 1. The molecule has 1 aromatic heterocycles. The molecule has 122 valence electrons. The fraction of sp³-hybridized carbons (Fsp3) is 0. The van der Waals surface area contributed by atoms with Gasteiger partial charge >= 0.3 is 5.97 Å². The van der Waals surface area contributed by atoms with Crippen molar-refractivity contribution < 1.29 is 9.90 Å². The molecular formula is C17H11Cl2NO2S2. The molecule has 1 heterocycles. The molecule has 2 N–H and O–H groups in total. The molecule has 0 aliphatic heterocycles. The van der Waals surface area contributed by atoms with Gasteiger partial charge in [-0.05, 0) is 35.7 Å². The SMILES string of the molecule is O=C(O)c1sc(-c2ccccc2)cc1NSc1c(Cl)cccc1Cl. The highest BCUT2D eigenvalue weighted by Crippen LogP contribution is 2.39. The molecule has 3 nitrogen and oxygen atoms in total. The van der Waals surface area contributed by atoms with Gasteiger partial charge in [0.25, 0.3) is 0 Å². The fourth-order valence-corrected chi connectivity index (χ4v) is 4.41. The van der Waals surface area contributed by atoms with Gasteiger partial charge in [-0.25, -0.2) is 4.79 Å². The minimum absolute atomic E-state index is 0.240.